The number of hydrogen-bond donors (Lipinski definition) is 1. The van der Waals surface area contributed by atoms with Gasteiger partial charge in [0, 0.05) is 49.6 Å². The highest BCUT2D eigenvalue weighted by Crippen LogP contribution is 2.40. The third-order valence-corrected chi connectivity index (χ3v) is 7.04. The normalized spacial score (nSPS) is 29.8. The van der Waals surface area contributed by atoms with E-state index in [0.29, 0.717) is 26.1 Å². The summed E-state index contributed by atoms with van der Waals surface area (Å²) in [5.74, 6) is 1.09. The van der Waals surface area contributed by atoms with E-state index >= 15 is 0 Å². The van der Waals surface area contributed by atoms with Crippen LogP contribution in [0.1, 0.15) is 65.7 Å². The molecule has 0 aromatic heterocycles. The molecular formula is C22H37N3O2. The van der Waals surface area contributed by atoms with Crippen molar-refractivity contribution < 1.29 is 9.90 Å². The molecule has 152 valence electrons. The number of hydrogen-bond acceptors (Lipinski definition) is 4. The molecule has 1 aliphatic carbocycles. The molecule has 2 fully saturated rings. The second-order valence-corrected chi connectivity index (χ2v) is 9.63. The minimum Gasteiger partial charge on any atom is -0.387 e. The molecule has 2 heterocycles. The van der Waals surface area contributed by atoms with Crippen molar-refractivity contribution in [3.05, 3.63) is 12.4 Å². The summed E-state index contributed by atoms with van der Waals surface area (Å²) >= 11 is 0. The molecule has 27 heavy (non-hydrogen) atoms. The lowest BCUT2D eigenvalue weighted by Gasteiger charge is -2.52. The van der Waals surface area contributed by atoms with Gasteiger partial charge in [-0.25, -0.2) is 0 Å². The lowest BCUT2D eigenvalue weighted by Crippen LogP contribution is -2.62. The molecule has 3 rings (SSSR count). The smallest absolute Gasteiger partial charge is 0.225 e. The van der Waals surface area contributed by atoms with Gasteiger partial charge in [0.15, 0.2) is 0 Å². The molecule has 1 amide bonds. The van der Waals surface area contributed by atoms with Crippen molar-refractivity contribution in [2.24, 2.45) is 22.2 Å². The zero-order chi connectivity index (χ0) is 19.5. The van der Waals surface area contributed by atoms with Crippen LogP contribution in [0.15, 0.2) is 17.4 Å². The van der Waals surface area contributed by atoms with Crippen LogP contribution in [0.3, 0.4) is 0 Å². The van der Waals surface area contributed by atoms with Gasteiger partial charge in [0.2, 0.25) is 5.91 Å². The molecule has 2 unspecified atom stereocenters. The fourth-order valence-electron chi connectivity index (χ4n) is 5.04. The van der Waals surface area contributed by atoms with Gasteiger partial charge >= 0.3 is 0 Å². The van der Waals surface area contributed by atoms with Gasteiger partial charge in [0.1, 0.15) is 0 Å². The Morgan fingerprint density at radius 1 is 1.30 bits per heavy atom. The Labute approximate surface area is 164 Å². The van der Waals surface area contributed by atoms with E-state index < -0.39 is 5.60 Å². The molecule has 0 aromatic rings. The second kappa shape index (κ2) is 8.34. The van der Waals surface area contributed by atoms with Crippen LogP contribution in [-0.4, -0.2) is 58.8 Å². The predicted molar refractivity (Wildman–Crippen MR) is 109 cm³/mol. The van der Waals surface area contributed by atoms with Gasteiger partial charge in [-0.3, -0.25) is 9.79 Å². The Kier molecular flexibility index (Phi) is 6.29. The van der Waals surface area contributed by atoms with Crippen LogP contribution in [0.25, 0.3) is 0 Å². The van der Waals surface area contributed by atoms with Gasteiger partial charge in [-0.15, -0.1) is 0 Å². The summed E-state index contributed by atoms with van der Waals surface area (Å²) in [6, 6.07) is 0. The van der Waals surface area contributed by atoms with E-state index in [2.05, 4.69) is 30.7 Å². The molecule has 3 aliphatic rings. The van der Waals surface area contributed by atoms with Crippen molar-refractivity contribution in [1.29, 1.82) is 0 Å². The molecule has 2 atom stereocenters. The zero-order valence-corrected chi connectivity index (χ0v) is 17.4. The summed E-state index contributed by atoms with van der Waals surface area (Å²) in [5, 5.41) is 11.4. The maximum absolute atomic E-state index is 13.1. The maximum Gasteiger partial charge on any atom is 0.225 e. The van der Waals surface area contributed by atoms with Gasteiger partial charge in [-0.2, -0.15) is 0 Å². The first kappa shape index (κ1) is 20.4. The first-order chi connectivity index (χ1) is 12.8. The number of piperidine rings is 1. The molecule has 0 radical (unpaired) electrons. The van der Waals surface area contributed by atoms with E-state index in [-0.39, 0.29) is 17.2 Å². The molecule has 1 N–H and O–H groups in total. The van der Waals surface area contributed by atoms with Crippen LogP contribution < -0.4 is 0 Å². The average Bonchev–Trinajstić information content (AvgIpc) is 2.65. The largest absolute Gasteiger partial charge is 0.387 e. The Balaban J connectivity index is 1.57. The van der Waals surface area contributed by atoms with Crippen molar-refractivity contribution in [2.45, 2.75) is 71.3 Å². The molecule has 2 aliphatic heterocycles. The van der Waals surface area contributed by atoms with Crippen molar-refractivity contribution in [3.63, 3.8) is 0 Å². The number of aliphatic imine (C=N–C) groups is 1. The van der Waals surface area contributed by atoms with Crippen LogP contribution in [0.5, 0.6) is 0 Å². The minimum atomic E-state index is -0.800. The van der Waals surface area contributed by atoms with E-state index in [0.717, 1.165) is 18.9 Å². The van der Waals surface area contributed by atoms with Crippen molar-refractivity contribution in [1.82, 2.24) is 9.80 Å². The Morgan fingerprint density at radius 2 is 2.04 bits per heavy atom. The topological polar surface area (TPSA) is 56.1 Å². The van der Waals surface area contributed by atoms with Gasteiger partial charge in [0.05, 0.1) is 12.1 Å². The number of aliphatic hydroxyl groups is 1. The number of carbonyl (C=O) groups excluding carboxylic acids is 1. The van der Waals surface area contributed by atoms with Crippen LogP contribution in [-0.2, 0) is 4.79 Å². The fourth-order valence-corrected chi connectivity index (χ4v) is 5.04. The number of β-amino-alcohol motifs (C(OH)–C–C–N with tert-alkyl or cyclic N) is 1. The fraction of sp³-hybridized carbons (Fsp3) is 0.818. The van der Waals surface area contributed by atoms with E-state index in [1.165, 1.54) is 32.1 Å². The number of nitrogens with zero attached hydrogens (tertiary/aromatic N) is 3. The maximum atomic E-state index is 13.1. The average molecular weight is 376 g/mol. The van der Waals surface area contributed by atoms with Crippen molar-refractivity contribution >= 4 is 12.1 Å². The number of carbonyl (C=O) groups is 1. The van der Waals surface area contributed by atoms with Gasteiger partial charge in [-0.05, 0) is 18.8 Å². The van der Waals surface area contributed by atoms with Crippen molar-refractivity contribution in [2.75, 3.05) is 26.2 Å². The molecule has 0 bridgehead atoms. The van der Waals surface area contributed by atoms with Crippen LogP contribution in [0, 0.1) is 17.3 Å². The van der Waals surface area contributed by atoms with Gasteiger partial charge < -0.3 is 14.9 Å². The quantitative estimate of drug-likeness (QED) is 0.801. The minimum absolute atomic E-state index is 0.0938. The highest BCUT2D eigenvalue weighted by atomic mass is 16.3. The molecule has 1 saturated carbocycles. The van der Waals surface area contributed by atoms with E-state index in [4.69, 9.17) is 0 Å². The summed E-state index contributed by atoms with van der Waals surface area (Å²) < 4.78 is 0. The van der Waals surface area contributed by atoms with E-state index in [9.17, 15) is 9.90 Å². The van der Waals surface area contributed by atoms with E-state index in [1.54, 1.807) is 6.20 Å². The first-order valence-corrected chi connectivity index (χ1v) is 10.7. The molecule has 1 saturated heterocycles. The first-order valence-electron chi connectivity index (χ1n) is 10.7. The third-order valence-electron chi connectivity index (χ3n) is 7.04. The molecule has 0 spiro atoms. The highest BCUT2D eigenvalue weighted by Gasteiger charge is 2.49. The number of rotatable bonds is 5. The summed E-state index contributed by atoms with van der Waals surface area (Å²) in [4.78, 5) is 21.3. The zero-order valence-electron chi connectivity index (χ0n) is 17.4. The second-order valence-electron chi connectivity index (χ2n) is 9.63. The van der Waals surface area contributed by atoms with E-state index in [1.807, 2.05) is 17.3 Å². The summed E-state index contributed by atoms with van der Waals surface area (Å²) in [6.07, 6.45) is 13.8. The summed E-state index contributed by atoms with van der Waals surface area (Å²) in [6.45, 7) is 8.89. The summed E-state index contributed by atoms with van der Waals surface area (Å²) in [5.41, 5.74) is -1.14. The SMILES string of the molecule is CC(CC1CCCCC1)C(=O)N1CCC(O)(CN2C=CN=CC2)C(C)(C)C1. The number of likely N-dealkylation sites (tertiary alicyclic amines) is 1. The van der Waals surface area contributed by atoms with Gasteiger partial charge in [0.25, 0.3) is 0 Å². The highest BCUT2D eigenvalue weighted by molar-refractivity contribution is 5.78. The van der Waals surface area contributed by atoms with Crippen LogP contribution >= 0.6 is 0 Å². The molecule has 5 heteroatoms. The Bertz CT molecular complexity index is 580. The Morgan fingerprint density at radius 3 is 2.67 bits per heavy atom. The van der Waals surface area contributed by atoms with Crippen molar-refractivity contribution in [3.8, 4) is 0 Å². The van der Waals surface area contributed by atoms with Gasteiger partial charge in [-0.1, -0.05) is 52.9 Å². The Hall–Kier alpha value is -1.36. The molecule has 5 nitrogen and oxygen atoms in total. The predicted octanol–water partition coefficient (Wildman–Crippen LogP) is 3.44. The van der Waals surface area contributed by atoms with Crippen LogP contribution in [0.4, 0.5) is 0 Å². The molecular weight excluding hydrogens is 338 g/mol. The lowest BCUT2D eigenvalue weighted by molar-refractivity contribution is -0.156. The summed E-state index contributed by atoms with van der Waals surface area (Å²) in [7, 11) is 0. The third kappa shape index (κ3) is 4.74. The van der Waals surface area contributed by atoms with Crippen LogP contribution in [0.2, 0.25) is 0 Å². The standard InChI is InChI=1S/C22H37N3O2/c1-18(15-19-7-5-4-6-8-19)20(26)25-12-9-22(27,21(2,3)16-25)17-24-13-10-23-11-14-24/h10-11,13,18-19,27H,4-9,12,14-17H2,1-3H3. The monoisotopic (exact) mass is 375 g/mol. The number of amides is 1. The molecule has 0 aromatic carbocycles. The lowest BCUT2D eigenvalue weighted by atomic mass is 9.69.